The van der Waals surface area contributed by atoms with E-state index in [9.17, 15) is 0 Å². The average Bonchev–Trinajstić information content (AvgIpc) is 3.04. The monoisotopic (exact) mass is 283 g/mol. The smallest absolute Gasteiger partial charge is 0.0666 e. The van der Waals surface area contributed by atoms with E-state index >= 15 is 0 Å². The molecule has 0 aliphatic heterocycles. The molecule has 0 amide bonds. The minimum Gasteiger partial charge on any atom is -0.383 e. The Bertz CT molecular complexity index is 363. The fourth-order valence-electron chi connectivity index (χ4n) is 1.96. The van der Waals surface area contributed by atoms with Crippen molar-refractivity contribution >= 4 is 21.6 Å². The quantitative estimate of drug-likeness (QED) is 0.892. The Morgan fingerprint density at radius 2 is 2.25 bits per heavy atom. The molecule has 1 N–H and O–H groups in total. The van der Waals surface area contributed by atoms with Gasteiger partial charge in [0.1, 0.15) is 0 Å². The maximum atomic E-state index is 5.27. The lowest BCUT2D eigenvalue weighted by Crippen LogP contribution is -2.27. The van der Waals surface area contributed by atoms with Crippen molar-refractivity contribution in [3.8, 4) is 0 Å². The number of nitrogens with one attached hydrogen (secondary N) is 1. The van der Waals surface area contributed by atoms with Crippen LogP contribution in [-0.2, 0) is 4.74 Å². The van der Waals surface area contributed by atoms with Gasteiger partial charge in [0.05, 0.1) is 12.6 Å². The summed E-state index contributed by atoms with van der Waals surface area (Å²) in [6.45, 7) is 2.92. The van der Waals surface area contributed by atoms with Crippen molar-refractivity contribution in [1.29, 1.82) is 0 Å². The number of hydrogen-bond donors (Lipinski definition) is 1. The number of hydrogen-bond acceptors (Lipinski definition) is 2. The summed E-state index contributed by atoms with van der Waals surface area (Å²) >= 11 is 3.48. The average molecular weight is 284 g/mol. The first-order chi connectivity index (χ1) is 7.70. The number of anilines is 1. The van der Waals surface area contributed by atoms with Crippen molar-refractivity contribution in [3.63, 3.8) is 0 Å². The van der Waals surface area contributed by atoms with Gasteiger partial charge in [0.25, 0.3) is 0 Å². The molecule has 1 fully saturated rings. The molecule has 0 bridgehead atoms. The zero-order chi connectivity index (χ0) is 11.5. The molecule has 0 spiro atoms. The van der Waals surface area contributed by atoms with Crippen molar-refractivity contribution in [1.82, 2.24) is 0 Å². The summed E-state index contributed by atoms with van der Waals surface area (Å²) in [5.41, 5.74) is 2.49. The molecule has 1 aliphatic carbocycles. The molecule has 0 heterocycles. The van der Waals surface area contributed by atoms with Crippen LogP contribution in [0.4, 0.5) is 5.69 Å². The van der Waals surface area contributed by atoms with Crippen LogP contribution in [0, 0.1) is 12.8 Å². The molecule has 88 valence electrons. The van der Waals surface area contributed by atoms with Crippen molar-refractivity contribution in [2.45, 2.75) is 25.8 Å². The van der Waals surface area contributed by atoms with Gasteiger partial charge < -0.3 is 10.1 Å². The van der Waals surface area contributed by atoms with Crippen LogP contribution in [0.5, 0.6) is 0 Å². The third-order valence-corrected chi connectivity index (χ3v) is 3.56. The third-order valence-electron chi connectivity index (χ3n) is 3.07. The molecular weight excluding hydrogens is 266 g/mol. The van der Waals surface area contributed by atoms with E-state index < -0.39 is 0 Å². The van der Waals surface area contributed by atoms with Crippen molar-refractivity contribution in [3.05, 3.63) is 28.2 Å². The van der Waals surface area contributed by atoms with Gasteiger partial charge in [-0.25, -0.2) is 0 Å². The summed E-state index contributed by atoms with van der Waals surface area (Å²) in [6, 6.07) is 6.81. The Balaban J connectivity index is 2.05. The van der Waals surface area contributed by atoms with Gasteiger partial charge in [-0.1, -0.05) is 15.9 Å². The van der Waals surface area contributed by atoms with Gasteiger partial charge in [0, 0.05) is 17.3 Å². The lowest BCUT2D eigenvalue weighted by molar-refractivity contribution is 0.179. The van der Waals surface area contributed by atoms with Crippen LogP contribution in [-0.4, -0.2) is 19.8 Å². The summed E-state index contributed by atoms with van der Waals surface area (Å²) in [5.74, 6) is 0.794. The van der Waals surface area contributed by atoms with E-state index in [0.29, 0.717) is 6.04 Å². The first-order valence-corrected chi connectivity index (χ1v) is 6.51. The van der Waals surface area contributed by atoms with Crippen LogP contribution >= 0.6 is 15.9 Å². The van der Waals surface area contributed by atoms with E-state index in [1.807, 2.05) is 0 Å². The summed E-state index contributed by atoms with van der Waals surface area (Å²) in [5, 5.41) is 3.59. The zero-order valence-corrected chi connectivity index (χ0v) is 11.4. The number of methoxy groups -OCH3 is 1. The normalized spacial score (nSPS) is 17.2. The van der Waals surface area contributed by atoms with E-state index in [1.165, 1.54) is 24.1 Å². The molecule has 0 saturated heterocycles. The van der Waals surface area contributed by atoms with E-state index in [4.69, 9.17) is 4.74 Å². The fourth-order valence-corrected chi connectivity index (χ4v) is 2.44. The van der Waals surface area contributed by atoms with Crippen LogP contribution in [0.25, 0.3) is 0 Å². The molecular formula is C13H18BrNO. The van der Waals surface area contributed by atoms with Crippen LogP contribution in [0.15, 0.2) is 22.7 Å². The molecule has 0 aromatic heterocycles. The third kappa shape index (κ3) is 2.98. The second-order valence-corrected chi connectivity index (χ2v) is 5.42. The lowest BCUT2D eigenvalue weighted by Gasteiger charge is -2.20. The molecule has 0 radical (unpaired) electrons. The fraction of sp³-hybridized carbons (Fsp3) is 0.538. The summed E-state index contributed by atoms with van der Waals surface area (Å²) in [4.78, 5) is 0. The topological polar surface area (TPSA) is 21.3 Å². The summed E-state index contributed by atoms with van der Waals surface area (Å²) in [6.07, 6.45) is 2.66. The summed E-state index contributed by atoms with van der Waals surface area (Å²) < 4.78 is 6.40. The minimum atomic E-state index is 0.463. The number of ether oxygens (including phenoxy) is 1. The lowest BCUT2D eigenvalue weighted by atomic mass is 10.1. The Morgan fingerprint density at radius 1 is 1.50 bits per heavy atom. The highest BCUT2D eigenvalue weighted by molar-refractivity contribution is 9.10. The standard InChI is InChI=1S/C13H18BrNO/c1-9-7-11(14)5-6-12(9)15-13(8-16-2)10-3-4-10/h5-7,10,13,15H,3-4,8H2,1-2H3. The van der Waals surface area contributed by atoms with Crippen molar-refractivity contribution in [2.24, 2.45) is 5.92 Å². The van der Waals surface area contributed by atoms with E-state index in [0.717, 1.165) is 17.0 Å². The van der Waals surface area contributed by atoms with Gasteiger partial charge in [-0.2, -0.15) is 0 Å². The molecule has 1 aromatic rings. The second kappa shape index (κ2) is 5.19. The predicted octanol–water partition coefficient (Wildman–Crippen LogP) is 3.59. The highest BCUT2D eigenvalue weighted by Gasteiger charge is 2.31. The molecule has 1 atom stereocenters. The number of halogens is 1. The molecule has 1 aliphatic rings. The first kappa shape index (κ1) is 11.9. The molecule has 2 nitrogen and oxygen atoms in total. The zero-order valence-electron chi connectivity index (χ0n) is 9.79. The maximum Gasteiger partial charge on any atom is 0.0666 e. The Kier molecular flexibility index (Phi) is 3.87. The van der Waals surface area contributed by atoms with Crippen molar-refractivity contribution < 1.29 is 4.74 Å². The molecule has 1 unspecified atom stereocenters. The Hall–Kier alpha value is -0.540. The molecule has 2 rings (SSSR count). The minimum absolute atomic E-state index is 0.463. The first-order valence-electron chi connectivity index (χ1n) is 5.72. The van der Waals surface area contributed by atoms with Gasteiger partial charge >= 0.3 is 0 Å². The molecule has 16 heavy (non-hydrogen) atoms. The van der Waals surface area contributed by atoms with Crippen LogP contribution in [0.3, 0.4) is 0 Å². The SMILES string of the molecule is COCC(Nc1ccc(Br)cc1C)C1CC1. The highest BCUT2D eigenvalue weighted by Crippen LogP contribution is 2.35. The Morgan fingerprint density at radius 3 is 2.81 bits per heavy atom. The van der Waals surface area contributed by atoms with Crippen molar-refractivity contribution in [2.75, 3.05) is 19.0 Å². The van der Waals surface area contributed by atoms with Gasteiger partial charge in [-0.3, -0.25) is 0 Å². The number of aryl methyl sites for hydroxylation is 1. The molecule has 1 aromatic carbocycles. The van der Waals surface area contributed by atoms with E-state index in [1.54, 1.807) is 7.11 Å². The predicted molar refractivity (Wildman–Crippen MR) is 70.9 cm³/mol. The highest BCUT2D eigenvalue weighted by atomic mass is 79.9. The number of rotatable bonds is 5. The van der Waals surface area contributed by atoms with E-state index in [-0.39, 0.29) is 0 Å². The molecule has 1 saturated carbocycles. The Labute approximate surface area is 106 Å². The van der Waals surface area contributed by atoms with E-state index in [2.05, 4.69) is 46.4 Å². The summed E-state index contributed by atoms with van der Waals surface area (Å²) in [7, 11) is 1.77. The van der Waals surface area contributed by atoms with Gasteiger partial charge in [-0.05, 0) is 49.4 Å². The molecule has 3 heteroatoms. The van der Waals surface area contributed by atoms with Gasteiger partial charge in [0.2, 0.25) is 0 Å². The number of benzene rings is 1. The maximum absolute atomic E-state index is 5.27. The largest absolute Gasteiger partial charge is 0.383 e. The van der Waals surface area contributed by atoms with Crippen LogP contribution < -0.4 is 5.32 Å². The van der Waals surface area contributed by atoms with Gasteiger partial charge in [0.15, 0.2) is 0 Å². The van der Waals surface area contributed by atoms with Crippen LogP contribution in [0.2, 0.25) is 0 Å². The van der Waals surface area contributed by atoms with Gasteiger partial charge in [-0.15, -0.1) is 0 Å². The van der Waals surface area contributed by atoms with Crippen LogP contribution in [0.1, 0.15) is 18.4 Å². The second-order valence-electron chi connectivity index (χ2n) is 4.50.